The van der Waals surface area contributed by atoms with Crippen LogP contribution in [0.3, 0.4) is 0 Å². The molecule has 0 aliphatic heterocycles. The van der Waals surface area contributed by atoms with E-state index in [9.17, 15) is 10.1 Å². The normalized spacial score (nSPS) is 8.85. The number of nitro groups is 1. The van der Waals surface area contributed by atoms with Gasteiger partial charge in [-0.05, 0) is 12.1 Å². The van der Waals surface area contributed by atoms with Gasteiger partial charge in [0.2, 0.25) is 0 Å². The monoisotopic (exact) mass is 178 g/mol. The number of hydrogen-bond donors (Lipinski definition) is 0. The topological polar surface area (TPSA) is 76.2 Å². The smallest absolute Gasteiger partial charge is 0.269 e. The van der Waals surface area contributed by atoms with Crippen LogP contribution >= 0.6 is 0 Å². The van der Waals surface area contributed by atoms with Crippen LogP contribution in [0.2, 0.25) is 0 Å². The molecule has 0 aromatic heterocycles. The minimum atomic E-state index is -0.492. The van der Waals surface area contributed by atoms with E-state index in [4.69, 9.17) is 10.00 Å². The van der Waals surface area contributed by atoms with Crippen LogP contribution in [-0.4, -0.2) is 11.5 Å². The van der Waals surface area contributed by atoms with Crippen molar-refractivity contribution in [1.29, 1.82) is 5.26 Å². The highest BCUT2D eigenvalue weighted by molar-refractivity contribution is 5.36. The Labute approximate surface area is 74.3 Å². The highest BCUT2D eigenvalue weighted by Gasteiger charge is 2.03. The first-order chi connectivity index (χ1) is 6.24. The molecule has 66 valence electrons. The van der Waals surface area contributed by atoms with Crippen LogP contribution in [0.15, 0.2) is 24.3 Å². The van der Waals surface area contributed by atoms with E-state index >= 15 is 0 Å². The molecule has 0 saturated heterocycles. The summed E-state index contributed by atoms with van der Waals surface area (Å²) >= 11 is 0. The van der Waals surface area contributed by atoms with Crippen LogP contribution in [0.25, 0.3) is 0 Å². The summed E-state index contributed by atoms with van der Waals surface area (Å²) in [5, 5.41) is 18.4. The first kappa shape index (κ1) is 9.00. The van der Waals surface area contributed by atoms with E-state index in [1.807, 2.05) is 0 Å². The van der Waals surface area contributed by atoms with Gasteiger partial charge in [-0.25, -0.2) is 0 Å². The molecular formula is C8H6N2O3. The van der Waals surface area contributed by atoms with Crippen molar-refractivity contribution in [2.24, 2.45) is 0 Å². The number of non-ortho nitro benzene ring substituents is 1. The van der Waals surface area contributed by atoms with E-state index in [1.54, 1.807) is 6.07 Å². The Kier molecular flexibility index (Phi) is 2.82. The van der Waals surface area contributed by atoms with Gasteiger partial charge in [-0.1, -0.05) is 0 Å². The lowest BCUT2D eigenvalue weighted by atomic mass is 10.3. The Morgan fingerprint density at radius 1 is 1.46 bits per heavy atom. The van der Waals surface area contributed by atoms with Crippen molar-refractivity contribution in [3.05, 3.63) is 34.4 Å². The van der Waals surface area contributed by atoms with Gasteiger partial charge in [-0.2, -0.15) is 5.26 Å². The molecule has 0 spiro atoms. The predicted octanol–water partition coefficient (Wildman–Crippen LogP) is 1.50. The molecule has 0 atom stereocenters. The Balaban J connectivity index is 2.71. The van der Waals surface area contributed by atoms with Crippen LogP contribution in [0, 0.1) is 21.4 Å². The van der Waals surface area contributed by atoms with E-state index in [1.165, 1.54) is 24.3 Å². The number of benzene rings is 1. The molecular weight excluding hydrogens is 172 g/mol. The summed E-state index contributed by atoms with van der Waals surface area (Å²) in [5.74, 6) is 0.451. The molecule has 0 bridgehead atoms. The number of nitriles is 1. The van der Waals surface area contributed by atoms with E-state index in [2.05, 4.69) is 0 Å². The molecule has 0 aliphatic rings. The molecule has 0 heterocycles. The second-order valence-electron chi connectivity index (χ2n) is 2.20. The van der Waals surface area contributed by atoms with Gasteiger partial charge in [0.05, 0.1) is 4.92 Å². The summed E-state index contributed by atoms with van der Waals surface area (Å²) in [6.07, 6.45) is 0. The van der Waals surface area contributed by atoms with Gasteiger partial charge >= 0.3 is 0 Å². The highest BCUT2D eigenvalue weighted by atomic mass is 16.6. The summed E-state index contributed by atoms with van der Waals surface area (Å²) < 4.78 is 4.91. The third kappa shape index (κ3) is 2.45. The van der Waals surface area contributed by atoms with E-state index in [0.717, 1.165) is 0 Å². The molecule has 5 nitrogen and oxygen atoms in total. The Morgan fingerprint density at radius 2 is 2.08 bits per heavy atom. The third-order valence-corrected chi connectivity index (χ3v) is 1.35. The second-order valence-corrected chi connectivity index (χ2v) is 2.20. The van der Waals surface area contributed by atoms with E-state index < -0.39 is 4.92 Å². The largest absolute Gasteiger partial charge is 0.479 e. The van der Waals surface area contributed by atoms with Crippen molar-refractivity contribution < 1.29 is 9.66 Å². The number of rotatable bonds is 3. The SMILES string of the molecule is N#CCOc1ccc([N+](=O)[O-])cc1. The summed E-state index contributed by atoms with van der Waals surface area (Å²) in [7, 11) is 0. The second kappa shape index (κ2) is 4.07. The van der Waals surface area contributed by atoms with Crippen LogP contribution < -0.4 is 4.74 Å². The minimum absolute atomic E-state index is 0.00399. The molecule has 0 radical (unpaired) electrons. The Hall–Kier alpha value is -2.09. The summed E-state index contributed by atoms with van der Waals surface area (Å²) in [6, 6.07) is 7.36. The number of hydrogen-bond acceptors (Lipinski definition) is 4. The number of nitrogens with zero attached hydrogens (tertiary/aromatic N) is 2. The maximum absolute atomic E-state index is 10.2. The van der Waals surface area contributed by atoms with Gasteiger partial charge in [0, 0.05) is 12.1 Å². The molecule has 0 amide bonds. The van der Waals surface area contributed by atoms with Crippen LogP contribution in [0.5, 0.6) is 5.75 Å². The zero-order chi connectivity index (χ0) is 9.68. The van der Waals surface area contributed by atoms with Crippen molar-refractivity contribution in [1.82, 2.24) is 0 Å². The fraction of sp³-hybridized carbons (Fsp3) is 0.125. The van der Waals surface area contributed by atoms with Crippen LogP contribution in [0.4, 0.5) is 5.69 Å². The van der Waals surface area contributed by atoms with Crippen molar-refractivity contribution in [3.8, 4) is 11.8 Å². The van der Waals surface area contributed by atoms with Gasteiger partial charge < -0.3 is 4.74 Å². The molecule has 0 saturated carbocycles. The van der Waals surface area contributed by atoms with Crippen molar-refractivity contribution >= 4 is 5.69 Å². The standard InChI is InChI=1S/C8H6N2O3/c9-5-6-13-8-3-1-7(2-4-8)10(11)12/h1-4H,6H2. The van der Waals surface area contributed by atoms with E-state index in [-0.39, 0.29) is 12.3 Å². The van der Waals surface area contributed by atoms with Crippen molar-refractivity contribution in [3.63, 3.8) is 0 Å². The van der Waals surface area contributed by atoms with Crippen LogP contribution in [-0.2, 0) is 0 Å². The Morgan fingerprint density at radius 3 is 2.54 bits per heavy atom. The summed E-state index contributed by atoms with van der Waals surface area (Å²) in [4.78, 5) is 9.75. The fourth-order valence-electron chi connectivity index (χ4n) is 0.780. The zero-order valence-corrected chi connectivity index (χ0v) is 6.64. The van der Waals surface area contributed by atoms with Crippen molar-refractivity contribution in [2.75, 3.05) is 6.61 Å². The lowest BCUT2D eigenvalue weighted by Gasteiger charge is -1.99. The van der Waals surface area contributed by atoms with E-state index in [0.29, 0.717) is 5.75 Å². The average Bonchev–Trinajstić information content (AvgIpc) is 2.15. The molecule has 0 aliphatic carbocycles. The van der Waals surface area contributed by atoms with Gasteiger partial charge in [0.15, 0.2) is 6.61 Å². The highest BCUT2D eigenvalue weighted by Crippen LogP contribution is 2.16. The lowest BCUT2D eigenvalue weighted by Crippen LogP contribution is -1.93. The molecule has 1 aromatic rings. The van der Waals surface area contributed by atoms with Gasteiger partial charge in [-0.15, -0.1) is 0 Å². The van der Waals surface area contributed by atoms with Gasteiger partial charge in [0.25, 0.3) is 5.69 Å². The molecule has 0 fully saturated rings. The van der Waals surface area contributed by atoms with Crippen LogP contribution in [0.1, 0.15) is 0 Å². The minimum Gasteiger partial charge on any atom is -0.479 e. The first-order valence-corrected chi connectivity index (χ1v) is 3.48. The van der Waals surface area contributed by atoms with Gasteiger partial charge in [0.1, 0.15) is 11.8 Å². The first-order valence-electron chi connectivity index (χ1n) is 3.48. The zero-order valence-electron chi connectivity index (χ0n) is 6.64. The molecule has 13 heavy (non-hydrogen) atoms. The predicted molar refractivity (Wildman–Crippen MR) is 44.2 cm³/mol. The molecule has 1 aromatic carbocycles. The molecule has 0 unspecified atom stereocenters. The average molecular weight is 178 g/mol. The lowest BCUT2D eigenvalue weighted by molar-refractivity contribution is -0.384. The third-order valence-electron chi connectivity index (χ3n) is 1.35. The maximum Gasteiger partial charge on any atom is 0.269 e. The Bertz CT molecular complexity index is 339. The number of ether oxygens (including phenoxy) is 1. The fourth-order valence-corrected chi connectivity index (χ4v) is 0.780. The van der Waals surface area contributed by atoms with Gasteiger partial charge in [-0.3, -0.25) is 10.1 Å². The maximum atomic E-state index is 10.2. The summed E-state index contributed by atoms with van der Waals surface area (Å²) in [6.45, 7) is -0.0577. The van der Waals surface area contributed by atoms with Crippen molar-refractivity contribution in [2.45, 2.75) is 0 Å². The number of nitro benzene ring substituents is 1. The molecule has 5 heteroatoms. The molecule has 1 rings (SSSR count). The molecule has 0 N–H and O–H groups in total. The summed E-state index contributed by atoms with van der Waals surface area (Å²) in [5.41, 5.74) is 0.00399. The quantitative estimate of drug-likeness (QED) is 0.519.